The van der Waals surface area contributed by atoms with Crippen LogP contribution in [-0.4, -0.2) is 26.2 Å². The van der Waals surface area contributed by atoms with Crippen LogP contribution in [0.5, 0.6) is 0 Å². The lowest BCUT2D eigenvalue weighted by atomic mass is 9.78. The van der Waals surface area contributed by atoms with Gasteiger partial charge in [-0.1, -0.05) is 23.7 Å². The molecule has 0 atom stereocenters. The predicted octanol–water partition coefficient (Wildman–Crippen LogP) is 1.84. The van der Waals surface area contributed by atoms with E-state index in [0.29, 0.717) is 13.1 Å². The third kappa shape index (κ3) is 2.57. The zero-order valence-corrected chi connectivity index (χ0v) is 10.8. The summed E-state index contributed by atoms with van der Waals surface area (Å²) in [4.78, 5) is 2.33. The molecule has 0 spiro atoms. The van der Waals surface area contributed by atoms with Gasteiger partial charge < -0.3 is 16.4 Å². The van der Waals surface area contributed by atoms with Crippen molar-refractivity contribution in [1.82, 2.24) is 0 Å². The van der Waals surface area contributed by atoms with Gasteiger partial charge in [-0.15, -0.1) is 0 Å². The number of nitrogens with zero attached hydrogens (tertiary/aromatic N) is 1. The van der Waals surface area contributed by atoms with Crippen LogP contribution in [0.2, 0.25) is 5.02 Å². The normalized spacial score (nSPS) is 19.4. The van der Waals surface area contributed by atoms with Crippen molar-refractivity contribution in [3.05, 3.63) is 29.3 Å². The molecular weight excluding hydrogens is 234 g/mol. The van der Waals surface area contributed by atoms with Crippen LogP contribution in [0.3, 0.4) is 0 Å². The van der Waals surface area contributed by atoms with Gasteiger partial charge in [-0.3, -0.25) is 0 Å². The van der Waals surface area contributed by atoms with Crippen LogP contribution in [0.1, 0.15) is 12.8 Å². The molecule has 1 aromatic rings. The molecular formula is C13H20ClN3. The summed E-state index contributed by atoms with van der Waals surface area (Å²) in [6, 6.07) is 7.99. The van der Waals surface area contributed by atoms with E-state index < -0.39 is 0 Å². The van der Waals surface area contributed by atoms with E-state index >= 15 is 0 Å². The van der Waals surface area contributed by atoms with Crippen molar-refractivity contribution in [2.24, 2.45) is 16.9 Å². The lowest BCUT2D eigenvalue weighted by Gasteiger charge is -2.41. The average Bonchev–Trinajstić information content (AvgIpc) is 2.40. The highest BCUT2D eigenvalue weighted by Crippen LogP contribution is 2.34. The van der Waals surface area contributed by atoms with E-state index in [2.05, 4.69) is 11.0 Å². The molecule has 1 saturated heterocycles. The Labute approximate surface area is 108 Å². The molecule has 4 N–H and O–H groups in total. The number of rotatable bonds is 3. The highest BCUT2D eigenvalue weighted by molar-refractivity contribution is 6.33. The molecule has 0 aliphatic carbocycles. The third-order valence-electron chi connectivity index (χ3n) is 3.88. The van der Waals surface area contributed by atoms with E-state index in [1.807, 2.05) is 18.2 Å². The van der Waals surface area contributed by atoms with Crippen molar-refractivity contribution in [3.8, 4) is 0 Å². The Balaban J connectivity index is 2.07. The molecule has 0 saturated carbocycles. The maximum atomic E-state index is 6.21. The van der Waals surface area contributed by atoms with E-state index in [1.165, 1.54) is 0 Å². The number of nitrogens with two attached hydrogens (primary N) is 2. The molecule has 1 aliphatic rings. The fraction of sp³-hybridized carbons (Fsp3) is 0.538. The highest BCUT2D eigenvalue weighted by Gasteiger charge is 2.32. The zero-order chi connectivity index (χ0) is 12.3. The van der Waals surface area contributed by atoms with Crippen molar-refractivity contribution in [1.29, 1.82) is 0 Å². The maximum Gasteiger partial charge on any atom is 0.0639 e. The van der Waals surface area contributed by atoms with Gasteiger partial charge in [-0.05, 0) is 43.5 Å². The first-order chi connectivity index (χ1) is 8.21. The van der Waals surface area contributed by atoms with Crippen LogP contribution in [0.25, 0.3) is 0 Å². The fourth-order valence-electron chi connectivity index (χ4n) is 2.42. The molecule has 0 amide bonds. The quantitative estimate of drug-likeness (QED) is 0.864. The molecule has 0 bridgehead atoms. The summed E-state index contributed by atoms with van der Waals surface area (Å²) in [5.74, 6) is 0. The SMILES string of the molecule is NCC1(CN)CCN(c2ccccc2Cl)CC1. The molecule has 2 rings (SSSR count). The Morgan fingerprint density at radius 2 is 1.71 bits per heavy atom. The third-order valence-corrected chi connectivity index (χ3v) is 4.20. The lowest BCUT2D eigenvalue weighted by molar-refractivity contribution is 0.238. The molecule has 94 valence electrons. The summed E-state index contributed by atoms with van der Waals surface area (Å²) >= 11 is 6.21. The first-order valence-electron chi connectivity index (χ1n) is 6.10. The van der Waals surface area contributed by atoms with Crippen molar-refractivity contribution in [2.45, 2.75) is 12.8 Å². The molecule has 4 heteroatoms. The van der Waals surface area contributed by atoms with Crippen LogP contribution in [-0.2, 0) is 0 Å². The van der Waals surface area contributed by atoms with Gasteiger partial charge in [-0.25, -0.2) is 0 Å². The second-order valence-corrected chi connectivity index (χ2v) is 5.25. The van der Waals surface area contributed by atoms with Gasteiger partial charge in [0, 0.05) is 13.1 Å². The molecule has 1 aliphatic heterocycles. The summed E-state index contributed by atoms with van der Waals surface area (Å²) < 4.78 is 0. The smallest absolute Gasteiger partial charge is 0.0639 e. The number of benzene rings is 1. The lowest BCUT2D eigenvalue weighted by Crippen LogP contribution is -2.48. The Morgan fingerprint density at radius 1 is 1.12 bits per heavy atom. The topological polar surface area (TPSA) is 55.3 Å². The van der Waals surface area contributed by atoms with Crippen LogP contribution in [0.4, 0.5) is 5.69 Å². The monoisotopic (exact) mass is 253 g/mol. The number of halogens is 1. The van der Waals surface area contributed by atoms with Crippen LogP contribution < -0.4 is 16.4 Å². The van der Waals surface area contributed by atoms with Gasteiger partial charge in [-0.2, -0.15) is 0 Å². The van der Waals surface area contributed by atoms with Gasteiger partial charge >= 0.3 is 0 Å². The Kier molecular flexibility index (Phi) is 3.92. The van der Waals surface area contributed by atoms with E-state index in [9.17, 15) is 0 Å². The van der Waals surface area contributed by atoms with E-state index in [1.54, 1.807) is 0 Å². The summed E-state index contributed by atoms with van der Waals surface area (Å²) in [7, 11) is 0. The standard InChI is InChI=1S/C13H20ClN3/c14-11-3-1-2-4-12(11)17-7-5-13(9-15,10-16)6-8-17/h1-4H,5-10,15-16H2. The van der Waals surface area contributed by atoms with E-state index in [4.69, 9.17) is 23.1 Å². The predicted molar refractivity (Wildman–Crippen MR) is 73.4 cm³/mol. The van der Waals surface area contributed by atoms with Gasteiger partial charge in [0.15, 0.2) is 0 Å². The highest BCUT2D eigenvalue weighted by atomic mass is 35.5. The zero-order valence-electron chi connectivity index (χ0n) is 10.0. The molecule has 1 aromatic carbocycles. The Bertz CT molecular complexity index is 367. The largest absolute Gasteiger partial charge is 0.370 e. The first kappa shape index (κ1) is 12.7. The van der Waals surface area contributed by atoms with Gasteiger partial charge in [0.05, 0.1) is 10.7 Å². The Morgan fingerprint density at radius 3 is 2.24 bits per heavy atom. The van der Waals surface area contributed by atoms with Gasteiger partial charge in [0.2, 0.25) is 0 Å². The van der Waals surface area contributed by atoms with Crippen LogP contribution >= 0.6 is 11.6 Å². The summed E-state index contributed by atoms with van der Waals surface area (Å²) in [6.07, 6.45) is 2.09. The number of hydrogen-bond donors (Lipinski definition) is 2. The summed E-state index contributed by atoms with van der Waals surface area (Å²) in [5, 5.41) is 0.820. The minimum absolute atomic E-state index is 0.137. The van der Waals surface area contributed by atoms with Crippen molar-refractivity contribution >= 4 is 17.3 Å². The number of hydrogen-bond acceptors (Lipinski definition) is 3. The molecule has 0 aromatic heterocycles. The number of anilines is 1. The number of piperidine rings is 1. The number of para-hydroxylation sites is 1. The molecule has 3 nitrogen and oxygen atoms in total. The van der Waals surface area contributed by atoms with Crippen LogP contribution in [0.15, 0.2) is 24.3 Å². The molecule has 1 heterocycles. The Hall–Kier alpha value is -0.770. The molecule has 17 heavy (non-hydrogen) atoms. The minimum Gasteiger partial charge on any atom is -0.370 e. The summed E-state index contributed by atoms with van der Waals surface area (Å²) in [6.45, 7) is 3.33. The maximum absolute atomic E-state index is 6.21. The molecule has 1 fully saturated rings. The van der Waals surface area contributed by atoms with Crippen molar-refractivity contribution in [2.75, 3.05) is 31.1 Å². The average molecular weight is 254 g/mol. The van der Waals surface area contributed by atoms with E-state index in [-0.39, 0.29) is 5.41 Å². The second kappa shape index (κ2) is 5.25. The fourth-order valence-corrected chi connectivity index (χ4v) is 2.68. The van der Waals surface area contributed by atoms with Crippen LogP contribution in [0, 0.1) is 5.41 Å². The molecule has 0 radical (unpaired) electrons. The first-order valence-corrected chi connectivity index (χ1v) is 6.48. The second-order valence-electron chi connectivity index (χ2n) is 4.85. The minimum atomic E-state index is 0.137. The van der Waals surface area contributed by atoms with Gasteiger partial charge in [0.1, 0.15) is 0 Å². The van der Waals surface area contributed by atoms with Crippen molar-refractivity contribution < 1.29 is 0 Å². The molecule has 0 unspecified atom stereocenters. The summed E-state index contributed by atoms with van der Waals surface area (Å²) in [5.41, 5.74) is 12.9. The van der Waals surface area contributed by atoms with Gasteiger partial charge in [0.25, 0.3) is 0 Å². The van der Waals surface area contributed by atoms with Crippen molar-refractivity contribution in [3.63, 3.8) is 0 Å². The van der Waals surface area contributed by atoms with E-state index in [0.717, 1.165) is 36.6 Å².